The molecular weight excluding hydrogens is 204 g/mol. The summed E-state index contributed by atoms with van der Waals surface area (Å²) in [5.41, 5.74) is -0.535. The summed E-state index contributed by atoms with van der Waals surface area (Å²) in [5.74, 6) is 0.844. The molecule has 0 radical (unpaired) electrons. The SMILES string of the molecule is CC(C)(C)C(=O)C1CCc2nccc(=O)n21. The summed E-state index contributed by atoms with van der Waals surface area (Å²) in [7, 11) is 0. The highest BCUT2D eigenvalue weighted by molar-refractivity contribution is 5.87. The van der Waals surface area contributed by atoms with E-state index in [1.54, 1.807) is 4.57 Å². The van der Waals surface area contributed by atoms with Crippen molar-refractivity contribution in [2.45, 2.75) is 39.7 Å². The minimum absolute atomic E-state index is 0.112. The normalized spacial score (nSPS) is 19.6. The summed E-state index contributed by atoms with van der Waals surface area (Å²) in [5, 5.41) is 0. The van der Waals surface area contributed by atoms with Gasteiger partial charge >= 0.3 is 0 Å². The van der Waals surface area contributed by atoms with Gasteiger partial charge in [-0.15, -0.1) is 0 Å². The van der Waals surface area contributed by atoms with Crippen LogP contribution in [-0.2, 0) is 11.2 Å². The van der Waals surface area contributed by atoms with E-state index in [-0.39, 0.29) is 17.4 Å². The fraction of sp³-hybridized carbons (Fsp3) is 0.583. The van der Waals surface area contributed by atoms with Crippen molar-refractivity contribution < 1.29 is 4.79 Å². The van der Waals surface area contributed by atoms with Gasteiger partial charge in [0, 0.05) is 24.1 Å². The van der Waals surface area contributed by atoms with E-state index in [9.17, 15) is 9.59 Å². The number of aromatic nitrogens is 2. The maximum Gasteiger partial charge on any atom is 0.254 e. The number of aryl methyl sites for hydroxylation is 1. The fourth-order valence-electron chi connectivity index (χ4n) is 2.12. The topological polar surface area (TPSA) is 52.0 Å². The zero-order valence-electron chi connectivity index (χ0n) is 9.86. The van der Waals surface area contributed by atoms with Crippen molar-refractivity contribution in [3.05, 3.63) is 28.4 Å². The summed E-state index contributed by atoms with van der Waals surface area (Å²) >= 11 is 0. The van der Waals surface area contributed by atoms with E-state index in [0.717, 1.165) is 5.82 Å². The molecule has 0 spiro atoms. The van der Waals surface area contributed by atoms with Crippen LogP contribution < -0.4 is 5.56 Å². The van der Waals surface area contributed by atoms with Crippen LogP contribution in [0.2, 0.25) is 0 Å². The molecule has 1 aromatic heterocycles. The molecule has 0 bridgehead atoms. The van der Waals surface area contributed by atoms with Gasteiger partial charge in [0.1, 0.15) is 5.82 Å². The Morgan fingerprint density at radius 1 is 1.50 bits per heavy atom. The third kappa shape index (κ3) is 1.68. The number of hydrogen-bond donors (Lipinski definition) is 0. The molecule has 0 fully saturated rings. The van der Waals surface area contributed by atoms with Crippen LogP contribution in [0.4, 0.5) is 0 Å². The van der Waals surface area contributed by atoms with Gasteiger partial charge in [0.2, 0.25) is 0 Å². The maximum absolute atomic E-state index is 12.2. The molecule has 1 aromatic rings. The standard InChI is InChI=1S/C12H16N2O2/c1-12(2,3)11(16)8-4-5-9-13-7-6-10(15)14(8)9/h6-8H,4-5H2,1-3H3. The third-order valence-electron chi connectivity index (χ3n) is 2.95. The first-order valence-electron chi connectivity index (χ1n) is 5.52. The predicted octanol–water partition coefficient (Wildman–Crippen LogP) is 1.35. The molecule has 1 atom stereocenters. The average molecular weight is 220 g/mol. The van der Waals surface area contributed by atoms with Crippen molar-refractivity contribution in [2.24, 2.45) is 5.41 Å². The highest BCUT2D eigenvalue weighted by Crippen LogP contribution is 2.30. The largest absolute Gasteiger partial charge is 0.297 e. The molecule has 1 aliphatic rings. The van der Waals surface area contributed by atoms with Crippen LogP contribution in [0, 0.1) is 5.41 Å². The highest BCUT2D eigenvalue weighted by atomic mass is 16.1. The smallest absolute Gasteiger partial charge is 0.254 e. The number of carbonyl (C=O) groups is 1. The number of hydrogen-bond acceptors (Lipinski definition) is 3. The van der Waals surface area contributed by atoms with Crippen LogP contribution in [0.5, 0.6) is 0 Å². The summed E-state index contributed by atoms with van der Waals surface area (Å²) in [4.78, 5) is 28.1. The van der Waals surface area contributed by atoms with E-state index < -0.39 is 5.41 Å². The van der Waals surface area contributed by atoms with Crippen LogP contribution >= 0.6 is 0 Å². The van der Waals surface area contributed by atoms with Gasteiger partial charge in [0.25, 0.3) is 5.56 Å². The molecule has 1 unspecified atom stereocenters. The summed E-state index contributed by atoms with van der Waals surface area (Å²) in [6, 6.07) is 1.09. The molecule has 0 saturated heterocycles. The first-order valence-corrected chi connectivity index (χ1v) is 5.52. The lowest BCUT2D eigenvalue weighted by Gasteiger charge is -2.22. The van der Waals surface area contributed by atoms with Crippen molar-refractivity contribution in [1.82, 2.24) is 9.55 Å². The Kier molecular flexibility index (Phi) is 2.45. The molecule has 4 heteroatoms. The monoisotopic (exact) mass is 220 g/mol. The van der Waals surface area contributed by atoms with Gasteiger partial charge in [-0.2, -0.15) is 0 Å². The quantitative estimate of drug-likeness (QED) is 0.717. The van der Waals surface area contributed by atoms with Gasteiger partial charge in [0.15, 0.2) is 5.78 Å². The second kappa shape index (κ2) is 3.54. The second-order valence-electron chi connectivity index (χ2n) is 5.24. The lowest BCUT2D eigenvalue weighted by molar-refractivity contribution is -0.129. The second-order valence-corrected chi connectivity index (χ2v) is 5.24. The van der Waals surface area contributed by atoms with Crippen molar-refractivity contribution in [3.8, 4) is 0 Å². The number of carbonyl (C=O) groups excluding carboxylic acids is 1. The van der Waals surface area contributed by atoms with Crippen LogP contribution in [-0.4, -0.2) is 15.3 Å². The zero-order valence-corrected chi connectivity index (χ0v) is 9.86. The molecule has 0 aromatic carbocycles. The maximum atomic E-state index is 12.2. The van der Waals surface area contributed by atoms with Crippen molar-refractivity contribution in [2.75, 3.05) is 0 Å². The zero-order chi connectivity index (χ0) is 11.9. The average Bonchev–Trinajstić information content (AvgIpc) is 2.60. The molecule has 0 aliphatic carbocycles. The Morgan fingerprint density at radius 3 is 2.81 bits per heavy atom. The predicted molar refractivity (Wildman–Crippen MR) is 60.3 cm³/mol. The van der Waals surface area contributed by atoms with E-state index in [2.05, 4.69) is 4.98 Å². The molecular formula is C12H16N2O2. The van der Waals surface area contributed by atoms with Crippen molar-refractivity contribution >= 4 is 5.78 Å². The number of ketones is 1. The minimum atomic E-state index is -0.415. The molecule has 16 heavy (non-hydrogen) atoms. The van der Waals surface area contributed by atoms with Crippen molar-refractivity contribution in [1.29, 1.82) is 0 Å². The van der Waals surface area contributed by atoms with E-state index >= 15 is 0 Å². The lowest BCUT2D eigenvalue weighted by atomic mass is 9.86. The Labute approximate surface area is 94.3 Å². The molecule has 0 saturated carbocycles. The van der Waals surface area contributed by atoms with Crippen LogP contribution in [0.3, 0.4) is 0 Å². The summed E-state index contributed by atoms with van der Waals surface area (Å²) in [6.07, 6.45) is 2.92. The third-order valence-corrected chi connectivity index (χ3v) is 2.95. The van der Waals surface area contributed by atoms with Gasteiger partial charge in [0.05, 0.1) is 6.04 Å². The Morgan fingerprint density at radius 2 is 2.19 bits per heavy atom. The van der Waals surface area contributed by atoms with Gasteiger partial charge in [-0.25, -0.2) is 4.98 Å². The van der Waals surface area contributed by atoms with Gasteiger partial charge in [-0.3, -0.25) is 14.2 Å². The molecule has 1 aliphatic heterocycles. The Balaban J connectivity index is 2.45. The van der Waals surface area contributed by atoms with Crippen LogP contribution in [0.1, 0.15) is 39.1 Å². The van der Waals surface area contributed by atoms with E-state index in [1.807, 2.05) is 20.8 Å². The molecule has 2 rings (SSSR count). The van der Waals surface area contributed by atoms with E-state index in [4.69, 9.17) is 0 Å². The van der Waals surface area contributed by atoms with E-state index in [0.29, 0.717) is 12.8 Å². The molecule has 0 amide bonds. The first kappa shape index (κ1) is 11.0. The Hall–Kier alpha value is -1.45. The van der Waals surface area contributed by atoms with Gasteiger partial charge < -0.3 is 0 Å². The number of nitrogens with zero attached hydrogens (tertiary/aromatic N) is 2. The lowest BCUT2D eigenvalue weighted by Crippen LogP contribution is -2.34. The van der Waals surface area contributed by atoms with Crippen LogP contribution in [0.15, 0.2) is 17.1 Å². The van der Waals surface area contributed by atoms with Gasteiger partial charge in [-0.05, 0) is 6.42 Å². The molecule has 4 nitrogen and oxygen atoms in total. The molecule has 2 heterocycles. The highest BCUT2D eigenvalue weighted by Gasteiger charge is 2.35. The fourth-order valence-corrected chi connectivity index (χ4v) is 2.12. The van der Waals surface area contributed by atoms with Crippen molar-refractivity contribution in [3.63, 3.8) is 0 Å². The first-order chi connectivity index (χ1) is 7.41. The number of Topliss-reactive ketones (excluding diaryl/α,β-unsaturated/α-hetero) is 1. The number of rotatable bonds is 1. The molecule has 0 N–H and O–H groups in total. The van der Waals surface area contributed by atoms with Gasteiger partial charge in [-0.1, -0.05) is 20.8 Å². The Bertz CT molecular complexity index is 483. The summed E-state index contributed by atoms with van der Waals surface area (Å²) in [6.45, 7) is 5.65. The number of fused-ring (bicyclic) bond motifs is 1. The molecule has 86 valence electrons. The summed E-state index contributed by atoms with van der Waals surface area (Å²) < 4.78 is 1.55. The van der Waals surface area contributed by atoms with E-state index in [1.165, 1.54) is 12.3 Å². The van der Waals surface area contributed by atoms with Crippen LogP contribution in [0.25, 0.3) is 0 Å². The minimum Gasteiger partial charge on any atom is -0.297 e.